The van der Waals surface area contributed by atoms with Crippen molar-refractivity contribution < 1.29 is 0 Å². The van der Waals surface area contributed by atoms with Gasteiger partial charge in [-0.1, -0.05) is 34.1 Å². The highest BCUT2D eigenvalue weighted by atomic mass is 79.9. The zero-order valence-corrected chi connectivity index (χ0v) is 12.6. The second-order valence-corrected chi connectivity index (χ2v) is 6.39. The van der Waals surface area contributed by atoms with Crippen LogP contribution in [0.4, 0.5) is 0 Å². The van der Waals surface area contributed by atoms with E-state index in [0.29, 0.717) is 11.8 Å². The molecule has 0 aliphatic carbocycles. The maximum Gasteiger partial charge on any atom is 0.0258 e. The number of benzene rings is 1. The Hall–Kier alpha value is -0.310. The van der Waals surface area contributed by atoms with Crippen molar-refractivity contribution in [3.63, 3.8) is 0 Å². The van der Waals surface area contributed by atoms with E-state index in [0.717, 1.165) is 17.3 Å². The zero-order valence-electron chi connectivity index (χ0n) is 9.40. The van der Waals surface area contributed by atoms with Gasteiger partial charge in [-0.25, -0.2) is 0 Å². The highest BCUT2D eigenvalue weighted by Gasteiger charge is 2.10. The van der Waals surface area contributed by atoms with E-state index in [1.807, 2.05) is 11.3 Å². The molecule has 0 aliphatic heterocycles. The van der Waals surface area contributed by atoms with E-state index < -0.39 is 0 Å². The van der Waals surface area contributed by atoms with Gasteiger partial charge in [-0.15, -0.1) is 22.9 Å². The van der Waals surface area contributed by atoms with Crippen molar-refractivity contribution >= 4 is 38.9 Å². The summed E-state index contributed by atoms with van der Waals surface area (Å²) in [5.41, 5.74) is 1.35. The fourth-order valence-electron chi connectivity index (χ4n) is 1.89. The Kier molecular flexibility index (Phi) is 5.08. The molecule has 90 valence electrons. The maximum absolute atomic E-state index is 6.07. The molecular formula is C14H14BrClS. The van der Waals surface area contributed by atoms with E-state index in [-0.39, 0.29) is 0 Å². The minimum absolute atomic E-state index is 0.518. The highest BCUT2D eigenvalue weighted by molar-refractivity contribution is 9.10. The molecule has 0 N–H and O–H groups in total. The first kappa shape index (κ1) is 13.1. The molecule has 0 saturated carbocycles. The molecule has 0 amide bonds. The van der Waals surface area contributed by atoms with Crippen LogP contribution in [0.15, 0.2) is 46.3 Å². The predicted molar refractivity (Wildman–Crippen MR) is 80.1 cm³/mol. The van der Waals surface area contributed by atoms with E-state index in [1.54, 1.807) is 0 Å². The van der Waals surface area contributed by atoms with Crippen LogP contribution in [-0.2, 0) is 12.8 Å². The average molecular weight is 330 g/mol. The summed E-state index contributed by atoms with van der Waals surface area (Å²) in [5, 5.41) is 2.12. The van der Waals surface area contributed by atoms with Crippen molar-refractivity contribution in [1.82, 2.24) is 0 Å². The van der Waals surface area contributed by atoms with Crippen molar-refractivity contribution in [3.05, 3.63) is 56.7 Å². The Labute approximate surface area is 120 Å². The largest absolute Gasteiger partial charge is 0.149 e. The molecule has 0 fully saturated rings. The van der Waals surface area contributed by atoms with Gasteiger partial charge in [-0.05, 0) is 47.9 Å². The van der Waals surface area contributed by atoms with Crippen LogP contribution in [0.5, 0.6) is 0 Å². The first-order valence-electron chi connectivity index (χ1n) is 5.60. The lowest BCUT2D eigenvalue weighted by atomic mass is 9.97. The fourth-order valence-corrected chi connectivity index (χ4v) is 3.38. The number of hydrogen-bond acceptors (Lipinski definition) is 1. The second-order valence-electron chi connectivity index (χ2n) is 4.14. The van der Waals surface area contributed by atoms with Crippen LogP contribution < -0.4 is 0 Å². The Morgan fingerprint density at radius 2 is 2.06 bits per heavy atom. The van der Waals surface area contributed by atoms with E-state index in [2.05, 4.69) is 57.7 Å². The van der Waals surface area contributed by atoms with Crippen molar-refractivity contribution in [1.29, 1.82) is 0 Å². The standard InChI is InChI=1S/C14H14BrClS/c15-13-4-1-3-11(8-13)7-12(10-16)9-14-5-2-6-17-14/h1-6,8,12H,7,9-10H2. The van der Waals surface area contributed by atoms with Crippen molar-refractivity contribution in [3.8, 4) is 0 Å². The third-order valence-electron chi connectivity index (χ3n) is 2.70. The summed E-state index contributed by atoms with van der Waals surface area (Å²) in [6, 6.07) is 12.8. The number of halogens is 2. The topological polar surface area (TPSA) is 0 Å². The van der Waals surface area contributed by atoms with Crippen LogP contribution in [0, 0.1) is 5.92 Å². The fraction of sp³-hybridized carbons (Fsp3) is 0.286. The number of thiophene rings is 1. The number of hydrogen-bond donors (Lipinski definition) is 0. The van der Waals surface area contributed by atoms with E-state index >= 15 is 0 Å². The lowest BCUT2D eigenvalue weighted by Crippen LogP contribution is -2.09. The van der Waals surface area contributed by atoms with Gasteiger partial charge in [0.05, 0.1) is 0 Å². The van der Waals surface area contributed by atoms with Gasteiger partial charge in [0.1, 0.15) is 0 Å². The summed E-state index contributed by atoms with van der Waals surface area (Å²) in [5.74, 6) is 1.23. The summed E-state index contributed by atoms with van der Waals surface area (Å²) in [6.07, 6.45) is 2.12. The summed E-state index contributed by atoms with van der Waals surface area (Å²) in [6.45, 7) is 0. The molecule has 2 rings (SSSR count). The van der Waals surface area contributed by atoms with Gasteiger partial charge in [-0.2, -0.15) is 0 Å². The zero-order chi connectivity index (χ0) is 12.1. The molecule has 1 unspecified atom stereocenters. The van der Waals surface area contributed by atoms with Gasteiger partial charge in [0.25, 0.3) is 0 Å². The molecular weight excluding hydrogens is 316 g/mol. The maximum atomic E-state index is 6.07. The van der Waals surface area contributed by atoms with Crippen LogP contribution >= 0.6 is 38.9 Å². The Morgan fingerprint density at radius 1 is 1.18 bits per heavy atom. The Morgan fingerprint density at radius 3 is 2.71 bits per heavy atom. The molecule has 0 radical (unpaired) electrons. The van der Waals surface area contributed by atoms with Gasteiger partial charge in [-0.3, -0.25) is 0 Å². The summed E-state index contributed by atoms with van der Waals surface area (Å²) in [4.78, 5) is 1.42. The molecule has 0 bridgehead atoms. The first-order chi connectivity index (χ1) is 8.28. The molecule has 0 spiro atoms. The monoisotopic (exact) mass is 328 g/mol. The summed E-state index contributed by atoms with van der Waals surface area (Å²) >= 11 is 11.4. The number of alkyl halides is 1. The summed E-state index contributed by atoms with van der Waals surface area (Å²) in [7, 11) is 0. The quantitative estimate of drug-likeness (QED) is 0.665. The normalized spacial score (nSPS) is 12.6. The third-order valence-corrected chi connectivity index (χ3v) is 4.53. The Balaban J connectivity index is 2.00. The lowest BCUT2D eigenvalue weighted by Gasteiger charge is -2.13. The van der Waals surface area contributed by atoms with Crippen LogP contribution in [0.25, 0.3) is 0 Å². The average Bonchev–Trinajstić information content (AvgIpc) is 2.81. The van der Waals surface area contributed by atoms with Crippen molar-refractivity contribution in [2.75, 3.05) is 5.88 Å². The van der Waals surface area contributed by atoms with E-state index in [1.165, 1.54) is 10.4 Å². The molecule has 1 atom stereocenters. The van der Waals surface area contributed by atoms with Gasteiger partial charge in [0.2, 0.25) is 0 Å². The molecule has 1 heterocycles. The predicted octanol–water partition coefficient (Wildman–Crippen LogP) is 5.15. The molecule has 1 aromatic carbocycles. The van der Waals surface area contributed by atoms with Gasteiger partial charge >= 0.3 is 0 Å². The minimum Gasteiger partial charge on any atom is -0.149 e. The highest BCUT2D eigenvalue weighted by Crippen LogP contribution is 2.21. The van der Waals surface area contributed by atoms with Crippen LogP contribution in [-0.4, -0.2) is 5.88 Å². The molecule has 0 saturated heterocycles. The third kappa shape index (κ3) is 4.13. The lowest BCUT2D eigenvalue weighted by molar-refractivity contribution is 0.589. The smallest absolute Gasteiger partial charge is 0.0258 e. The van der Waals surface area contributed by atoms with Crippen LogP contribution in [0.3, 0.4) is 0 Å². The molecule has 1 aromatic heterocycles. The molecule has 17 heavy (non-hydrogen) atoms. The number of rotatable bonds is 5. The van der Waals surface area contributed by atoms with Gasteiger partial charge in [0.15, 0.2) is 0 Å². The minimum atomic E-state index is 0.518. The SMILES string of the molecule is ClCC(Cc1cccc(Br)c1)Cc1cccs1. The van der Waals surface area contributed by atoms with Crippen LogP contribution in [0.1, 0.15) is 10.4 Å². The molecule has 0 aliphatic rings. The first-order valence-corrected chi connectivity index (χ1v) is 7.81. The van der Waals surface area contributed by atoms with Gasteiger partial charge in [0, 0.05) is 15.2 Å². The molecule has 3 heteroatoms. The summed E-state index contributed by atoms with van der Waals surface area (Å²) < 4.78 is 1.14. The van der Waals surface area contributed by atoms with Crippen LogP contribution in [0.2, 0.25) is 0 Å². The second kappa shape index (κ2) is 6.58. The van der Waals surface area contributed by atoms with Crippen molar-refractivity contribution in [2.45, 2.75) is 12.8 Å². The molecule has 2 aromatic rings. The van der Waals surface area contributed by atoms with Gasteiger partial charge < -0.3 is 0 Å². The van der Waals surface area contributed by atoms with Crippen molar-refractivity contribution in [2.24, 2.45) is 5.92 Å². The molecule has 0 nitrogen and oxygen atoms in total. The van der Waals surface area contributed by atoms with E-state index in [9.17, 15) is 0 Å². The Bertz CT molecular complexity index is 453. The van der Waals surface area contributed by atoms with E-state index in [4.69, 9.17) is 11.6 Å².